The number of hydrogen-bond acceptors (Lipinski definition) is 5. The molecule has 1 saturated heterocycles. The first-order valence-corrected chi connectivity index (χ1v) is 11.2. The molecule has 11 heteroatoms. The Morgan fingerprint density at radius 3 is 2.52 bits per heavy atom. The van der Waals surface area contributed by atoms with Crippen LogP contribution in [0.1, 0.15) is 18.4 Å². The van der Waals surface area contributed by atoms with E-state index in [1.54, 1.807) is 11.4 Å². The molecule has 0 radical (unpaired) electrons. The monoisotopic (exact) mass is 447 g/mol. The van der Waals surface area contributed by atoms with E-state index in [0.717, 1.165) is 40.6 Å². The van der Waals surface area contributed by atoms with Gasteiger partial charge in [-0.3, -0.25) is 4.79 Å². The maximum Gasteiger partial charge on any atom is 0.416 e. The molecule has 0 aliphatic carbocycles. The number of rotatable bonds is 6. The van der Waals surface area contributed by atoms with Gasteiger partial charge in [0.15, 0.2) is 0 Å². The highest BCUT2D eigenvalue weighted by Crippen LogP contribution is 2.36. The fourth-order valence-corrected chi connectivity index (χ4v) is 5.42. The summed E-state index contributed by atoms with van der Waals surface area (Å²) >= 11 is 1.02. The molecule has 158 valence electrons. The first-order chi connectivity index (χ1) is 13.6. The van der Waals surface area contributed by atoms with Crippen molar-refractivity contribution in [3.63, 3.8) is 0 Å². The molecule has 3 rings (SSSR count). The van der Waals surface area contributed by atoms with E-state index in [4.69, 9.17) is 0 Å². The van der Waals surface area contributed by atoms with Crippen LogP contribution in [-0.2, 0) is 21.0 Å². The van der Waals surface area contributed by atoms with Crippen LogP contribution in [0.25, 0.3) is 0 Å². The van der Waals surface area contributed by atoms with Gasteiger partial charge in [-0.2, -0.15) is 17.5 Å². The Morgan fingerprint density at radius 2 is 1.93 bits per heavy atom. The number of carbonyl (C=O) groups is 1. The van der Waals surface area contributed by atoms with Crippen molar-refractivity contribution in [3.05, 3.63) is 41.3 Å². The van der Waals surface area contributed by atoms with Crippen molar-refractivity contribution < 1.29 is 26.4 Å². The number of anilines is 2. The Hall–Kier alpha value is -2.11. The van der Waals surface area contributed by atoms with Gasteiger partial charge in [-0.25, -0.2) is 8.42 Å². The van der Waals surface area contributed by atoms with E-state index in [1.807, 2.05) is 4.90 Å². The Labute approximate surface area is 171 Å². The zero-order valence-corrected chi connectivity index (χ0v) is 17.2. The second-order valence-electron chi connectivity index (χ2n) is 6.67. The second kappa shape index (κ2) is 8.33. The molecule has 0 spiro atoms. The van der Waals surface area contributed by atoms with E-state index in [9.17, 15) is 26.4 Å². The number of nitrogens with one attached hydrogen (secondary N) is 1. The molecule has 2 heterocycles. The van der Waals surface area contributed by atoms with Gasteiger partial charge in [-0.1, -0.05) is 6.07 Å². The lowest BCUT2D eigenvalue weighted by Gasteiger charge is -2.23. The van der Waals surface area contributed by atoms with Gasteiger partial charge in [0.05, 0.1) is 23.5 Å². The third-order valence-electron chi connectivity index (χ3n) is 4.57. The number of nitrogens with zero attached hydrogens (tertiary/aromatic N) is 2. The summed E-state index contributed by atoms with van der Waals surface area (Å²) in [4.78, 5) is 14.4. The fourth-order valence-electron chi connectivity index (χ4n) is 3.09. The predicted molar refractivity (Wildman–Crippen MR) is 106 cm³/mol. The van der Waals surface area contributed by atoms with Gasteiger partial charge < -0.3 is 10.2 Å². The summed E-state index contributed by atoms with van der Waals surface area (Å²) in [6, 6.07) is 6.22. The third kappa shape index (κ3) is 4.90. The van der Waals surface area contributed by atoms with Crippen molar-refractivity contribution >= 4 is 38.6 Å². The number of hydrogen-bond donors (Lipinski definition) is 1. The summed E-state index contributed by atoms with van der Waals surface area (Å²) in [5.74, 6) is -0.715. The van der Waals surface area contributed by atoms with Gasteiger partial charge in [0, 0.05) is 20.1 Å². The second-order valence-corrected chi connectivity index (χ2v) is 9.88. The normalized spacial score (nSPS) is 15.1. The maximum absolute atomic E-state index is 13.1. The number of alkyl halides is 3. The molecule has 1 aromatic heterocycles. The molecule has 2 aromatic rings. The van der Waals surface area contributed by atoms with Crippen LogP contribution in [0.2, 0.25) is 0 Å². The van der Waals surface area contributed by atoms with Gasteiger partial charge >= 0.3 is 6.18 Å². The van der Waals surface area contributed by atoms with E-state index >= 15 is 0 Å². The molecular formula is C18H20F3N3O3S2. The summed E-state index contributed by atoms with van der Waals surface area (Å²) in [5, 5.41) is 4.07. The zero-order chi connectivity index (χ0) is 21.2. The summed E-state index contributed by atoms with van der Waals surface area (Å²) in [7, 11) is -2.59. The average molecular weight is 448 g/mol. The van der Waals surface area contributed by atoms with Crippen LogP contribution in [0.4, 0.5) is 24.5 Å². The van der Waals surface area contributed by atoms with Crippen molar-refractivity contribution in [2.45, 2.75) is 23.2 Å². The molecule has 1 amide bonds. The van der Waals surface area contributed by atoms with Gasteiger partial charge in [-0.15, -0.1) is 11.3 Å². The van der Waals surface area contributed by atoms with Gasteiger partial charge in [0.1, 0.15) is 4.21 Å². The van der Waals surface area contributed by atoms with Crippen LogP contribution in [0, 0.1) is 0 Å². The Balaban J connectivity index is 1.81. The van der Waals surface area contributed by atoms with Crippen molar-refractivity contribution in [1.82, 2.24) is 4.31 Å². The molecule has 1 N–H and O–H groups in total. The lowest BCUT2D eigenvalue weighted by Crippen LogP contribution is -2.35. The van der Waals surface area contributed by atoms with Gasteiger partial charge in [0.25, 0.3) is 10.0 Å². The van der Waals surface area contributed by atoms with Crippen LogP contribution in [0.5, 0.6) is 0 Å². The maximum atomic E-state index is 13.1. The first-order valence-electron chi connectivity index (χ1n) is 8.85. The van der Waals surface area contributed by atoms with E-state index in [-0.39, 0.29) is 9.90 Å². The minimum absolute atomic E-state index is 0.0219. The lowest BCUT2D eigenvalue weighted by molar-refractivity contribution is -0.137. The summed E-state index contributed by atoms with van der Waals surface area (Å²) < 4.78 is 65.2. The van der Waals surface area contributed by atoms with E-state index in [1.165, 1.54) is 19.2 Å². The number of amides is 1. The Morgan fingerprint density at radius 1 is 1.24 bits per heavy atom. The standard InChI is InChI=1S/C18H20F3N3O3S2/c1-23(29(26,27)17-5-4-10-28-17)12-16(25)22-14-11-13(18(19,20)21)6-7-15(14)24-8-2-3-9-24/h4-7,10-11H,2-3,8-9,12H2,1H3,(H,22,25). The lowest BCUT2D eigenvalue weighted by atomic mass is 10.1. The number of carbonyl (C=O) groups excluding carboxylic acids is 1. The molecule has 29 heavy (non-hydrogen) atoms. The van der Waals surface area contributed by atoms with Crippen molar-refractivity contribution in [3.8, 4) is 0 Å². The molecule has 0 bridgehead atoms. The largest absolute Gasteiger partial charge is 0.416 e. The predicted octanol–water partition coefficient (Wildman–Crippen LogP) is 3.63. The number of halogens is 3. The average Bonchev–Trinajstić information content (AvgIpc) is 3.35. The van der Waals surface area contributed by atoms with Crippen LogP contribution < -0.4 is 10.2 Å². The Bertz CT molecular complexity index is 970. The minimum Gasteiger partial charge on any atom is -0.370 e. The van der Waals surface area contributed by atoms with E-state index in [2.05, 4.69) is 5.32 Å². The van der Waals surface area contributed by atoms with E-state index < -0.39 is 34.2 Å². The SMILES string of the molecule is CN(CC(=O)Nc1cc(C(F)(F)F)ccc1N1CCCC1)S(=O)(=O)c1cccs1. The molecule has 0 unspecified atom stereocenters. The molecule has 0 atom stereocenters. The van der Waals surface area contributed by atoms with Crippen molar-refractivity contribution in [2.75, 3.05) is 36.9 Å². The first kappa shape index (κ1) is 21.6. The van der Waals surface area contributed by atoms with Gasteiger partial charge in [0.2, 0.25) is 5.91 Å². The molecule has 1 aromatic carbocycles. The van der Waals surface area contributed by atoms with Gasteiger partial charge in [-0.05, 0) is 42.5 Å². The molecule has 1 aliphatic rings. The molecule has 1 aliphatic heterocycles. The molecule has 6 nitrogen and oxygen atoms in total. The van der Waals surface area contributed by atoms with Crippen LogP contribution in [0.3, 0.4) is 0 Å². The summed E-state index contributed by atoms with van der Waals surface area (Å²) in [6.07, 6.45) is -2.73. The highest BCUT2D eigenvalue weighted by molar-refractivity contribution is 7.91. The quantitative estimate of drug-likeness (QED) is 0.734. The molecule has 1 fully saturated rings. The molecular weight excluding hydrogens is 427 g/mol. The third-order valence-corrected chi connectivity index (χ3v) is 7.75. The van der Waals surface area contributed by atoms with Crippen LogP contribution in [0.15, 0.2) is 39.9 Å². The highest BCUT2D eigenvalue weighted by atomic mass is 32.2. The Kier molecular flexibility index (Phi) is 6.20. The number of sulfonamides is 1. The topological polar surface area (TPSA) is 69.7 Å². The minimum atomic E-state index is -4.55. The van der Waals surface area contributed by atoms with Crippen molar-refractivity contribution in [1.29, 1.82) is 0 Å². The van der Waals surface area contributed by atoms with Crippen LogP contribution in [-0.4, -0.2) is 45.3 Å². The summed E-state index contributed by atoms with van der Waals surface area (Å²) in [5.41, 5.74) is -0.364. The number of benzene rings is 1. The van der Waals surface area contributed by atoms with E-state index in [0.29, 0.717) is 18.8 Å². The summed E-state index contributed by atoms with van der Waals surface area (Å²) in [6.45, 7) is 0.845. The zero-order valence-electron chi connectivity index (χ0n) is 15.6. The van der Waals surface area contributed by atoms with Crippen LogP contribution >= 0.6 is 11.3 Å². The molecule has 0 saturated carbocycles. The smallest absolute Gasteiger partial charge is 0.370 e. The number of thiophene rings is 1. The highest BCUT2D eigenvalue weighted by Gasteiger charge is 2.32. The number of likely N-dealkylation sites (N-methyl/N-ethyl adjacent to an activating group) is 1. The fraction of sp³-hybridized carbons (Fsp3) is 0.389. The van der Waals surface area contributed by atoms with Crippen molar-refractivity contribution in [2.24, 2.45) is 0 Å².